The number of ether oxygens (including phenoxy) is 1. The molecule has 0 bridgehead atoms. The van der Waals surface area contributed by atoms with Gasteiger partial charge in [-0.25, -0.2) is 0 Å². The fraction of sp³-hybridized carbons (Fsp3) is 0.594. The minimum Gasteiger partial charge on any atom is -0.411 e. The van der Waals surface area contributed by atoms with Crippen LogP contribution in [0.15, 0.2) is 66.3 Å². The van der Waals surface area contributed by atoms with Gasteiger partial charge in [0.15, 0.2) is 8.32 Å². The highest BCUT2D eigenvalue weighted by Crippen LogP contribution is 2.26. The molecule has 1 aromatic rings. The Kier molecular flexibility index (Phi) is 18.2. The zero-order valence-electron chi connectivity index (χ0n) is 23.7. The van der Waals surface area contributed by atoms with Crippen molar-refractivity contribution in [2.24, 2.45) is 5.92 Å². The van der Waals surface area contributed by atoms with Gasteiger partial charge in [-0.05, 0) is 74.7 Å². The van der Waals surface area contributed by atoms with Crippen LogP contribution in [0.5, 0.6) is 0 Å². The van der Waals surface area contributed by atoms with Crippen molar-refractivity contribution in [2.75, 3.05) is 6.61 Å². The molecule has 202 valence electrons. The van der Waals surface area contributed by atoms with E-state index < -0.39 is 8.32 Å². The molecule has 0 saturated heterocycles. The third-order valence-corrected chi connectivity index (χ3v) is 11.9. The van der Waals surface area contributed by atoms with E-state index in [2.05, 4.69) is 77.1 Å². The van der Waals surface area contributed by atoms with Gasteiger partial charge < -0.3 is 9.16 Å². The molecule has 0 heterocycles. The summed E-state index contributed by atoms with van der Waals surface area (Å²) < 4.78 is 12.4. The standard InChI is InChI=1S/C32H52O3Si/c1-6-36(7-2,8-3)35-32(23-17-26-33)25-24-30(5)19-12-9-11-18-29(4)20-15-16-27-34-28-31-21-13-10-14-22-31/h9-10,12-14,17,19,21-23,26,29,32H,6-8,11,15-16,18,20,24-25,27-28H2,1-5H3/b12-9+,23-17+,30-19+/t29-,32+/m0/s1. The van der Waals surface area contributed by atoms with E-state index in [4.69, 9.17) is 9.16 Å². The molecule has 1 aromatic carbocycles. The monoisotopic (exact) mass is 512 g/mol. The predicted molar refractivity (Wildman–Crippen MR) is 158 cm³/mol. The minimum atomic E-state index is -1.69. The first-order chi connectivity index (χ1) is 17.5. The lowest BCUT2D eigenvalue weighted by Crippen LogP contribution is -2.39. The van der Waals surface area contributed by atoms with E-state index in [9.17, 15) is 4.79 Å². The molecular formula is C32H52O3Si. The van der Waals surface area contributed by atoms with Gasteiger partial charge in [0.2, 0.25) is 0 Å². The van der Waals surface area contributed by atoms with E-state index in [1.807, 2.05) is 12.1 Å². The smallest absolute Gasteiger partial charge is 0.192 e. The Morgan fingerprint density at radius 2 is 1.69 bits per heavy atom. The maximum Gasteiger partial charge on any atom is 0.192 e. The van der Waals surface area contributed by atoms with Crippen molar-refractivity contribution in [3.63, 3.8) is 0 Å². The van der Waals surface area contributed by atoms with E-state index in [0.29, 0.717) is 0 Å². The quantitative estimate of drug-likeness (QED) is 0.0541. The number of carbonyl (C=O) groups excluding carboxylic acids is 1. The second-order valence-electron chi connectivity index (χ2n) is 10.1. The average Bonchev–Trinajstić information content (AvgIpc) is 2.91. The fourth-order valence-electron chi connectivity index (χ4n) is 4.45. The second kappa shape index (κ2) is 20.3. The summed E-state index contributed by atoms with van der Waals surface area (Å²) in [6.45, 7) is 12.9. The molecule has 0 saturated carbocycles. The molecule has 0 N–H and O–H groups in total. The molecule has 1 rings (SSSR count). The Morgan fingerprint density at radius 3 is 2.36 bits per heavy atom. The lowest BCUT2D eigenvalue weighted by molar-refractivity contribution is -0.104. The summed E-state index contributed by atoms with van der Waals surface area (Å²) in [6, 6.07) is 13.8. The molecule has 3 nitrogen and oxygen atoms in total. The first-order valence-corrected chi connectivity index (χ1v) is 16.7. The number of unbranched alkanes of at least 4 members (excludes halogenated alkanes) is 1. The van der Waals surface area contributed by atoms with Crippen LogP contribution < -0.4 is 0 Å². The number of hydrogen-bond donors (Lipinski definition) is 0. The average molecular weight is 513 g/mol. The van der Waals surface area contributed by atoms with Crippen molar-refractivity contribution in [3.8, 4) is 0 Å². The van der Waals surface area contributed by atoms with Crippen LogP contribution in [0.1, 0.15) is 85.1 Å². The van der Waals surface area contributed by atoms with E-state index in [0.717, 1.165) is 69.2 Å². The number of hydrogen-bond acceptors (Lipinski definition) is 3. The summed E-state index contributed by atoms with van der Waals surface area (Å²) in [7, 11) is -1.69. The van der Waals surface area contributed by atoms with Crippen LogP contribution in [-0.4, -0.2) is 27.3 Å². The summed E-state index contributed by atoms with van der Waals surface area (Å²) >= 11 is 0. The van der Waals surface area contributed by atoms with Crippen LogP contribution in [0.3, 0.4) is 0 Å². The first-order valence-electron chi connectivity index (χ1n) is 14.2. The zero-order valence-corrected chi connectivity index (χ0v) is 24.7. The molecular weight excluding hydrogens is 460 g/mol. The van der Waals surface area contributed by atoms with E-state index >= 15 is 0 Å². The third-order valence-electron chi connectivity index (χ3n) is 7.25. The van der Waals surface area contributed by atoms with Crippen LogP contribution in [-0.2, 0) is 20.6 Å². The lowest BCUT2D eigenvalue weighted by atomic mass is 9.98. The molecule has 0 aliphatic rings. The maximum atomic E-state index is 10.9. The van der Waals surface area contributed by atoms with Crippen molar-refractivity contribution in [1.82, 2.24) is 0 Å². The molecule has 0 unspecified atom stereocenters. The van der Waals surface area contributed by atoms with Gasteiger partial charge in [0, 0.05) is 6.61 Å². The third kappa shape index (κ3) is 14.7. The molecule has 0 radical (unpaired) electrons. The summed E-state index contributed by atoms with van der Waals surface area (Å²) in [5.74, 6) is 0.747. The molecule has 0 aliphatic carbocycles. The maximum absolute atomic E-state index is 10.9. The van der Waals surface area contributed by atoms with Crippen molar-refractivity contribution in [3.05, 3.63) is 71.8 Å². The van der Waals surface area contributed by atoms with E-state index in [1.54, 1.807) is 6.08 Å². The number of allylic oxidation sites excluding steroid dienone is 5. The largest absolute Gasteiger partial charge is 0.411 e. The number of aldehydes is 1. The van der Waals surface area contributed by atoms with Crippen LogP contribution in [0.4, 0.5) is 0 Å². The molecule has 4 heteroatoms. The molecule has 36 heavy (non-hydrogen) atoms. The highest BCUT2D eigenvalue weighted by molar-refractivity contribution is 6.73. The number of carbonyl (C=O) groups is 1. The summed E-state index contributed by atoms with van der Waals surface area (Å²) in [4.78, 5) is 10.9. The van der Waals surface area contributed by atoms with Crippen molar-refractivity contribution >= 4 is 14.6 Å². The Labute approximate surface area is 223 Å². The second-order valence-corrected chi connectivity index (χ2v) is 14.8. The van der Waals surface area contributed by atoms with Crippen molar-refractivity contribution < 1.29 is 14.0 Å². The minimum absolute atomic E-state index is 0.0404. The number of benzene rings is 1. The summed E-state index contributed by atoms with van der Waals surface area (Å²) in [6.07, 6.45) is 19.1. The fourth-order valence-corrected chi connectivity index (χ4v) is 7.29. The Morgan fingerprint density at radius 1 is 0.972 bits per heavy atom. The Balaban J connectivity index is 2.25. The van der Waals surface area contributed by atoms with Gasteiger partial charge >= 0.3 is 0 Å². The van der Waals surface area contributed by atoms with E-state index in [1.165, 1.54) is 30.4 Å². The Bertz CT molecular complexity index is 757. The van der Waals surface area contributed by atoms with Crippen LogP contribution in [0.2, 0.25) is 18.1 Å². The van der Waals surface area contributed by atoms with Gasteiger partial charge in [0.1, 0.15) is 6.29 Å². The lowest BCUT2D eigenvalue weighted by Gasteiger charge is -2.32. The van der Waals surface area contributed by atoms with Gasteiger partial charge in [-0.3, -0.25) is 4.79 Å². The van der Waals surface area contributed by atoms with Gasteiger partial charge in [0.25, 0.3) is 0 Å². The highest BCUT2D eigenvalue weighted by Gasteiger charge is 2.31. The van der Waals surface area contributed by atoms with Crippen LogP contribution in [0, 0.1) is 5.92 Å². The molecule has 0 aliphatic heterocycles. The van der Waals surface area contributed by atoms with Crippen molar-refractivity contribution in [2.45, 2.75) is 110 Å². The highest BCUT2D eigenvalue weighted by atomic mass is 28.4. The normalized spacial score (nSPS) is 14.5. The molecule has 0 fully saturated rings. The van der Waals surface area contributed by atoms with E-state index in [-0.39, 0.29) is 6.10 Å². The zero-order chi connectivity index (χ0) is 26.5. The van der Waals surface area contributed by atoms with Gasteiger partial charge in [-0.15, -0.1) is 0 Å². The number of rotatable bonds is 21. The molecule has 0 amide bonds. The SMILES string of the molecule is CC[Si](CC)(CC)O[C@H](/C=C/C=O)CC/C(C)=C/C=C/CC[C@H](C)CCCCOCc1ccccc1. The van der Waals surface area contributed by atoms with Gasteiger partial charge in [-0.1, -0.05) is 101 Å². The first kappa shape index (κ1) is 32.3. The Hall–Kier alpha value is -1.75. The van der Waals surface area contributed by atoms with Crippen molar-refractivity contribution in [1.29, 1.82) is 0 Å². The molecule has 2 atom stereocenters. The van der Waals surface area contributed by atoms with Crippen LogP contribution >= 0.6 is 0 Å². The predicted octanol–water partition coefficient (Wildman–Crippen LogP) is 9.22. The summed E-state index contributed by atoms with van der Waals surface area (Å²) in [5, 5.41) is 0. The molecule has 0 aromatic heterocycles. The van der Waals surface area contributed by atoms with Gasteiger partial charge in [0.05, 0.1) is 12.7 Å². The summed E-state index contributed by atoms with van der Waals surface area (Å²) in [5.41, 5.74) is 2.61. The molecule has 0 spiro atoms. The van der Waals surface area contributed by atoms with Gasteiger partial charge in [-0.2, -0.15) is 0 Å². The topological polar surface area (TPSA) is 35.5 Å². The van der Waals surface area contributed by atoms with Crippen LogP contribution in [0.25, 0.3) is 0 Å².